The largest absolute Gasteiger partial charge is 0.482 e. The van der Waals surface area contributed by atoms with E-state index in [0.717, 1.165) is 11.1 Å². The normalized spacial score (nSPS) is 10.4. The average molecular weight is 359 g/mol. The molecule has 1 N–H and O–H groups in total. The number of ether oxygens (including phenoxy) is 1. The van der Waals surface area contributed by atoms with Crippen molar-refractivity contribution in [2.45, 2.75) is 13.8 Å². The molecule has 0 aliphatic carbocycles. The molecule has 2 rings (SSSR count). The lowest BCUT2D eigenvalue weighted by Crippen LogP contribution is -2.21. The van der Waals surface area contributed by atoms with Crippen molar-refractivity contribution in [3.8, 4) is 5.75 Å². The van der Waals surface area contributed by atoms with E-state index in [1.165, 1.54) is 0 Å². The molecule has 0 heterocycles. The molecular formula is C16H14Cl3NO2. The zero-order valence-corrected chi connectivity index (χ0v) is 14.3. The molecule has 22 heavy (non-hydrogen) atoms. The molecule has 0 saturated heterocycles. The van der Waals surface area contributed by atoms with Gasteiger partial charge in [0.15, 0.2) is 6.61 Å². The van der Waals surface area contributed by atoms with Crippen LogP contribution in [0, 0.1) is 13.8 Å². The van der Waals surface area contributed by atoms with E-state index in [0.29, 0.717) is 26.5 Å². The molecule has 0 atom stereocenters. The second kappa shape index (κ2) is 7.23. The number of rotatable bonds is 4. The maximum Gasteiger partial charge on any atom is 0.262 e. The average Bonchev–Trinajstić information content (AvgIpc) is 2.42. The van der Waals surface area contributed by atoms with Crippen LogP contribution in [0.25, 0.3) is 0 Å². The number of carbonyl (C=O) groups excluding carboxylic acids is 1. The first-order valence-corrected chi connectivity index (χ1v) is 7.65. The lowest BCUT2D eigenvalue weighted by Gasteiger charge is -2.13. The van der Waals surface area contributed by atoms with E-state index >= 15 is 0 Å². The third kappa shape index (κ3) is 4.07. The van der Waals surface area contributed by atoms with Gasteiger partial charge in [-0.1, -0.05) is 40.9 Å². The molecule has 0 radical (unpaired) electrons. The van der Waals surface area contributed by atoms with Gasteiger partial charge in [-0.2, -0.15) is 0 Å². The Kier molecular flexibility index (Phi) is 5.57. The number of halogens is 3. The number of amides is 1. The van der Waals surface area contributed by atoms with Gasteiger partial charge in [0.05, 0.1) is 5.02 Å². The number of hydrogen-bond acceptors (Lipinski definition) is 2. The Morgan fingerprint density at radius 2 is 1.86 bits per heavy atom. The molecule has 0 aliphatic rings. The number of carbonyl (C=O) groups is 1. The summed E-state index contributed by atoms with van der Waals surface area (Å²) in [6.07, 6.45) is 0. The molecule has 6 heteroatoms. The van der Waals surface area contributed by atoms with E-state index in [2.05, 4.69) is 5.32 Å². The molecule has 3 nitrogen and oxygen atoms in total. The van der Waals surface area contributed by atoms with Gasteiger partial charge in [0.2, 0.25) is 0 Å². The highest BCUT2D eigenvalue weighted by molar-refractivity contribution is 6.35. The van der Waals surface area contributed by atoms with Crippen LogP contribution < -0.4 is 10.1 Å². The van der Waals surface area contributed by atoms with Crippen molar-refractivity contribution < 1.29 is 9.53 Å². The van der Waals surface area contributed by atoms with Crippen molar-refractivity contribution in [2.24, 2.45) is 0 Å². The molecule has 0 bridgehead atoms. The second-order valence-corrected chi connectivity index (χ2v) is 6.03. The van der Waals surface area contributed by atoms with E-state index in [4.69, 9.17) is 39.5 Å². The first-order chi connectivity index (χ1) is 10.4. The van der Waals surface area contributed by atoms with Crippen LogP contribution in [-0.2, 0) is 4.79 Å². The van der Waals surface area contributed by atoms with Gasteiger partial charge in [-0.05, 0) is 49.2 Å². The summed E-state index contributed by atoms with van der Waals surface area (Å²) >= 11 is 18.0. The number of aryl methyl sites for hydroxylation is 1. The van der Waals surface area contributed by atoms with E-state index in [1.807, 2.05) is 13.8 Å². The van der Waals surface area contributed by atoms with Gasteiger partial charge < -0.3 is 10.1 Å². The number of benzene rings is 2. The SMILES string of the molecule is Cc1cc(Cl)cc(Cl)c1OCC(=O)Nc1cccc(Cl)c1C. The Bertz CT molecular complexity index is 694. The Morgan fingerprint density at radius 3 is 2.55 bits per heavy atom. The maximum absolute atomic E-state index is 12.0. The first-order valence-electron chi connectivity index (χ1n) is 6.52. The lowest BCUT2D eigenvalue weighted by molar-refractivity contribution is -0.118. The van der Waals surface area contributed by atoms with Crippen LogP contribution in [0.1, 0.15) is 11.1 Å². The lowest BCUT2D eigenvalue weighted by atomic mass is 10.2. The zero-order chi connectivity index (χ0) is 16.3. The molecule has 0 fully saturated rings. The van der Waals surface area contributed by atoms with Crippen LogP contribution in [0.4, 0.5) is 5.69 Å². The monoisotopic (exact) mass is 357 g/mol. The summed E-state index contributed by atoms with van der Waals surface area (Å²) in [5.74, 6) is 0.153. The summed E-state index contributed by atoms with van der Waals surface area (Å²) in [7, 11) is 0. The minimum Gasteiger partial charge on any atom is -0.482 e. The first kappa shape index (κ1) is 16.9. The summed E-state index contributed by atoms with van der Waals surface area (Å²) < 4.78 is 5.49. The fourth-order valence-corrected chi connectivity index (χ4v) is 2.76. The van der Waals surface area contributed by atoms with Gasteiger partial charge in [0.25, 0.3) is 5.91 Å². The van der Waals surface area contributed by atoms with E-state index in [1.54, 1.807) is 30.3 Å². The van der Waals surface area contributed by atoms with Gasteiger partial charge in [0.1, 0.15) is 5.75 Å². The minimum absolute atomic E-state index is 0.159. The van der Waals surface area contributed by atoms with Gasteiger partial charge in [0, 0.05) is 15.7 Å². The minimum atomic E-state index is -0.296. The fourth-order valence-electron chi connectivity index (χ4n) is 1.94. The molecule has 2 aromatic rings. The van der Waals surface area contributed by atoms with Crippen LogP contribution in [0.5, 0.6) is 5.75 Å². The standard InChI is InChI=1S/C16H14Cl3NO2/c1-9-6-11(17)7-13(19)16(9)22-8-15(21)20-14-5-3-4-12(18)10(14)2/h3-7H,8H2,1-2H3,(H,20,21). The van der Waals surface area contributed by atoms with Crippen LogP contribution in [0.2, 0.25) is 15.1 Å². The molecule has 0 saturated carbocycles. The topological polar surface area (TPSA) is 38.3 Å². The van der Waals surface area contributed by atoms with Crippen LogP contribution in [0.15, 0.2) is 30.3 Å². The predicted molar refractivity (Wildman–Crippen MR) is 91.5 cm³/mol. The van der Waals surface area contributed by atoms with E-state index < -0.39 is 0 Å². The summed E-state index contributed by atoms with van der Waals surface area (Å²) in [5.41, 5.74) is 2.22. The number of hydrogen-bond donors (Lipinski definition) is 1. The highest BCUT2D eigenvalue weighted by atomic mass is 35.5. The van der Waals surface area contributed by atoms with Crippen molar-refractivity contribution in [1.82, 2.24) is 0 Å². The van der Waals surface area contributed by atoms with Crippen LogP contribution in [0.3, 0.4) is 0 Å². The van der Waals surface area contributed by atoms with Crippen molar-refractivity contribution in [3.05, 3.63) is 56.5 Å². The smallest absolute Gasteiger partial charge is 0.262 e. The number of anilines is 1. The Hall–Kier alpha value is -1.42. The highest BCUT2D eigenvalue weighted by Gasteiger charge is 2.11. The van der Waals surface area contributed by atoms with Crippen molar-refractivity contribution >= 4 is 46.4 Å². The molecule has 116 valence electrons. The third-order valence-electron chi connectivity index (χ3n) is 3.08. The molecule has 2 aromatic carbocycles. The third-order valence-corrected chi connectivity index (χ3v) is 3.99. The maximum atomic E-state index is 12.0. The Labute approximate surface area is 144 Å². The molecule has 0 aliphatic heterocycles. The zero-order valence-electron chi connectivity index (χ0n) is 12.0. The van der Waals surface area contributed by atoms with Gasteiger partial charge in [-0.3, -0.25) is 4.79 Å². The van der Waals surface area contributed by atoms with E-state index in [9.17, 15) is 4.79 Å². The van der Waals surface area contributed by atoms with Crippen LogP contribution >= 0.6 is 34.8 Å². The summed E-state index contributed by atoms with van der Waals surface area (Å²) in [6.45, 7) is 3.49. The van der Waals surface area contributed by atoms with Crippen molar-refractivity contribution in [1.29, 1.82) is 0 Å². The Balaban J connectivity index is 2.03. The predicted octanol–water partition coefficient (Wildman–Crippen LogP) is 5.28. The van der Waals surface area contributed by atoms with Gasteiger partial charge in [-0.25, -0.2) is 0 Å². The van der Waals surface area contributed by atoms with Crippen molar-refractivity contribution in [2.75, 3.05) is 11.9 Å². The molecule has 0 aromatic heterocycles. The fraction of sp³-hybridized carbons (Fsp3) is 0.188. The highest BCUT2D eigenvalue weighted by Crippen LogP contribution is 2.31. The Morgan fingerprint density at radius 1 is 1.14 bits per heavy atom. The molecule has 1 amide bonds. The van der Waals surface area contributed by atoms with Crippen LogP contribution in [-0.4, -0.2) is 12.5 Å². The molecule has 0 spiro atoms. The summed E-state index contributed by atoms with van der Waals surface area (Å²) in [5, 5.41) is 4.24. The quantitative estimate of drug-likeness (QED) is 0.807. The summed E-state index contributed by atoms with van der Waals surface area (Å²) in [6, 6.07) is 8.61. The number of nitrogens with one attached hydrogen (secondary N) is 1. The van der Waals surface area contributed by atoms with Gasteiger partial charge >= 0.3 is 0 Å². The van der Waals surface area contributed by atoms with Gasteiger partial charge in [-0.15, -0.1) is 0 Å². The molecular weight excluding hydrogens is 345 g/mol. The van der Waals surface area contributed by atoms with E-state index in [-0.39, 0.29) is 12.5 Å². The van der Waals surface area contributed by atoms with Crippen molar-refractivity contribution in [3.63, 3.8) is 0 Å². The second-order valence-electron chi connectivity index (χ2n) is 4.78. The molecule has 0 unspecified atom stereocenters. The summed E-state index contributed by atoms with van der Waals surface area (Å²) in [4.78, 5) is 12.0.